The standard InChI is InChI=1S/C22H25F2NO3/c1-6-8-14-11-16(27-4)19(17(12-14)28-5)18-13(3)9-10-15-20(18)22(23,24)21(26)25(15)7-2/h9-12H,6-8H2,1-5H3. The lowest BCUT2D eigenvalue weighted by Gasteiger charge is -2.21. The topological polar surface area (TPSA) is 38.8 Å². The van der Waals surface area contributed by atoms with Crippen molar-refractivity contribution in [3.05, 3.63) is 41.0 Å². The van der Waals surface area contributed by atoms with Crippen molar-refractivity contribution in [3.8, 4) is 22.6 Å². The van der Waals surface area contributed by atoms with Crippen LogP contribution < -0.4 is 14.4 Å². The summed E-state index contributed by atoms with van der Waals surface area (Å²) in [6.07, 6.45) is 1.75. The number of anilines is 1. The highest BCUT2D eigenvalue weighted by molar-refractivity contribution is 6.09. The van der Waals surface area contributed by atoms with E-state index in [0.717, 1.165) is 23.3 Å². The van der Waals surface area contributed by atoms with Gasteiger partial charge in [-0.05, 0) is 49.6 Å². The van der Waals surface area contributed by atoms with E-state index in [-0.39, 0.29) is 17.8 Å². The highest BCUT2D eigenvalue weighted by Crippen LogP contribution is 2.53. The summed E-state index contributed by atoms with van der Waals surface area (Å²) in [5, 5.41) is 0. The average molecular weight is 389 g/mol. The SMILES string of the molecule is CCCc1cc(OC)c(-c2c(C)ccc3c2C(F)(F)C(=O)N3CC)c(OC)c1. The molecule has 0 aromatic heterocycles. The molecular weight excluding hydrogens is 364 g/mol. The van der Waals surface area contributed by atoms with E-state index < -0.39 is 11.8 Å². The number of amides is 1. The molecule has 1 aliphatic rings. The Kier molecular flexibility index (Phi) is 5.33. The first-order valence-corrected chi connectivity index (χ1v) is 9.40. The lowest BCUT2D eigenvalue weighted by atomic mass is 9.89. The fraction of sp³-hybridized carbons (Fsp3) is 0.409. The Morgan fingerprint density at radius 1 is 1.04 bits per heavy atom. The van der Waals surface area contributed by atoms with Gasteiger partial charge in [-0.25, -0.2) is 0 Å². The molecule has 0 aliphatic carbocycles. The van der Waals surface area contributed by atoms with Gasteiger partial charge in [0.15, 0.2) is 0 Å². The molecule has 0 radical (unpaired) electrons. The van der Waals surface area contributed by atoms with Crippen LogP contribution in [0.15, 0.2) is 24.3 Å². The van der Waals surface area contributed by atoms with E-state index in [1.807, 2.05) is 12.1 Å². The van der Waals surface area contributed by atoms with Gasteiger partial charge in [0, 0.05) is 12.1 Å². The minimum Gasteiger partial charge on any atom is -0.496 e. The Labute approximate surface area is 164 Å². The van der Waals surface area contributed by atoms with Crippen molar-refractivity contribution in [2.75, 3.05) is 25.7 Å². The molecule has 0 saturated carbocycles. The second-order valence-electron chi connectivity index (χ2n) is 6.90. The minimum atomic E-state index is -3.61. The molecule has 150 valence electrons. The van der Waals surface area contributed by atoms with Gasteiger partial charge < -0.3 is 14.4 Å². The quantitative estimate of drug-likeness (QED) is 0.691. The third kappa shape index (κ3) is 2.91. The maximum atomic E-state index is 15.1. The molecule has 0 atom stereocenters. The summed E-state index contributed by atoms with van der Waals surface area (Å²) in [7, 11) is 3.02. The van der Waals surface area contributed by atoms with Gasteiger partial charge in [0.2, 0.25) is 0 Å². The number of aryl methyl sites for hydroxylation is 2. The van der Waals surface area contributed by atoms with Gasteiger partial charge in [-0.15, -0.1) is 0 Å². The van der Waals surface area contributed by atoms with Crippen molar-refractivity contribution in [3.63, 3.8) is 0 Å². The van der Waals surface area contributed by atoms with Crippen LogP contribution in [0.5, 0.6) is 11.5 Å². The Balaban J connectivity index is 2.39. The van der Waals surface area contributed by atoms with Crippen LogP contribution in [0.3, 0.4) is 0 Å². The Morgan fingerprint density at radius 3 is 2.14 bits per heavy atom. The third-order valence-corrected chi connectivity index (χ3v) is 5.18. The van der Waals surface area contributed by atoms with Gasteiger partial charge in [0.05, 0.1) is 31.0 Å². The number of benzene rings is 2. The molecule has 4 nitrogen and oxygen atoms in total. The van der Waals surface area contributed by atoms with Crippen molar-refractivity contribution >= 4 is 11.6 Å². The van der Waals surface area contributed by atoms with Gasteiger partial charge in [0.25, 0.3) is 0 Å². The maximum Gasteiger partial charge on any atom is 0.352 e. The molecule has 0 bridgehead atoms. The number of hydrogen-bond acceptors (Lipinski definition) is 3. The van der Waals surface area contributed by atoms with Crippen LogP contribution >= 0.6 is 0 Å². The second kappa shape index (κ2) is 7.41. The summed E-state index contributed by atoms with van der Waals surface area (Å²) >= 11 is 0. The predicted molar refractivity (Wildman–Crippen MR) is 106 cm³/mol. The minimum absolute atomic E-state index is 0.174. The number of fused-ring (bicyclic) bond motifs is 1. The van der Waals surface area contributed by atoms with Crippen molar-refractivity contribution in [1.29, 1.82) is 0 Å². The van der Waals surface area contributed by atoms with Gasteiger partial charge in [-0.3, -0.25) is 4.79 Å². The van der Waals surface area contributed by atoms with Crippen molar-refractivity contribution < 1.29 is 23.0 Å². The van der Waals surface area contributed by atoms with Crippen LogP contribution in [0.1, 0.15) is 37.0 Å². The number of methoxy groups -OCH3 is 2. The van der Waals surface area contributed by atoms with Crippen LogP contribution in [0, 0.1) is 6.92 Å². The molecule has 3 rings (SSSR count). The molecule has 1 aliphatic heterocycles. The highest BCUT2D eigenvalue weighted by Gasteiger charge is 2.54. The Bertz CT molecular complexity index is 899. The second-order valence-corrected chi connectivity index (χ2v) is 6.90. The molecule has 6 heteroatoms. The van der Waals surface area contributed by atoms with Gasteiger partial charge in [-0.2, -0.15) is 8.78 Å². The summed E-state index contributed by atoms with van der Waals surface area (Å²) in [5.41, 5.74) is 2.33. The largest absolute Gasteiger partial charge is 0.496 e. The van der Waals surface area contributed by atoms with Crippen molar-refractivity contribution in [2.24, 2.45) is 0 Å². The molecule has 0 fully saturated rings. The molecule has 28 heavy (non-hydrogen) atoms. The lowest BCUT2D eigenvalue weighted by molar-refractivity contribution is -0.141. The zero-order valence-electron chi connectivity index (χ0n) is 16.9. The number of carbonyl (C=O) groups is 1. The van der Waals surface area contributed by atoms with E-state index in [4.69, 9.17) is 9.47 Å². The number of likely N-dealkylation sites (N-methyl/N-ethyl adjacent to an activating group) is 1. The van der Waals surface area contributed by atoms with Gasteiger partial charge >= 0.3 is 11.8 Å². The fourth-order valence-corrected chi connectivity index (χ4v) is 3.91. The molecule has 0 spiro atoms. The summed E-state index contributed by atoms with van der Waals surface area (Å²) in [6.45, 7) is 5.67. The monoisotopic (exact) mass is 389 g/mol. The van der Waals surface area contributed by atoms with Crippen LogP contribution in [0.2, 0.25) is 0 Å². The Hall–Kier alpha value is -2.63. The summed E-state index contributed by atoms with van der Waals surface area (Å²) in [4.78, 5) is 13.5. The van der Waals surface area contributed by atoms with Crippen LogP contribution in [0.4, 0.5) is 14.5 Å². The van der Waals surface area contributed by atoms with E-state index in [0.29, 0.717) is 28.2 Å². The summed E-state index contributed by atoms with van der Waals surface area (Å²) in [6, 6.07) is 7.05. The molecule has 0 saturated heterocycles. The molecule has 0 N–H and O–H groups in total. The van der Waals surface area contributed by atoms with Crippen molar-refractivity contribution in [2.45, 2.75) is 39.5 Å². The number of carbonyl (C=O) groups excluding carboxylic acids is 1. The number of ether oxygens (including phenoxy) is 2. The van der Waals surface area contributed by atoms with E-state index in [1.165, 1.54) is 14.2 Å². The van der Waals surface area contributed by atoms with E-state index >= 15 is 8.78 Å². The molecule has 1 heterocycles. The number of alkyl halides is 2. The summed E-state index contributed by atoms with van der Waals surface area (Å²) in [5.74, 6) is -3.89. The number of nitrogens with zero attached hydrogens (tertiary/aromatic N) is 1. The molecular formula is C22H25F2NO3. The van der Waals surface area contributed by atoms with Gasteiger partial charge in [0.1, 0.15) is 11.5 Å². The average Bonchev–Trinajstić information content (AvgIpc) is 2.87. The first-order valence-electron chi connectivity index (χ1n) is 9.40. The maximum absolute atomic E-state index is 15.1. The normalized spacial score (nSPS) is 15.0. The van der Waals surface area contributed by atoms with E-state index in [1.54, 1.807) is 26.0 Å². The molecule has 0 unspecified atom stereocenters. The smallest absolute Gasteiger partial charge is 0.352 e. The van der Waals surface area contributed by atoms with E-state index in [2.05, 4.69) is 6.92 Å². The van der Waals surface area contributed by atoms with Crippen LogP contribution in [-0.4, -0.2) is 26.7 Å². The zero-order chi connectivity index (χ0) is 20.6. The van der Waals surface area contributed by atoms with Gasteiger partial charge in [-0.1, -0.05) is 19.4 Å². The molecule has 1 amide bonds. The number of rotatable bonds is 6. The summed E-state index contributed by atoms with van der Waals surface area (Å²) < 4.78 is 41.3. The highest BCUT2D eigenvalue weighted by atomic mass is 19.3. The molecule has 2 aromatic carbocycles. The lowest BCUT2D eigenvalue weighted by Crippen LogP contribution is -2.34. The zero-order valence-corrected chi connectivity index (χ0v) is 16.9. The van der Waals surface area contributed by atoms with Crippen molar-refractivity contribution in [1.82, 2.24) is 0 Å². The number of halogens is 2. The van der Waals surface area contributed by atoms with E-state index in [9.17, 15) is 4.79 Å². The first kappa shape index (κ1) is 20.1. The van der Waals surface area contributed by atoms with Crippen LogP contribution in [-0.2, 0) is 17.1 Å². The third-order valence-electron chi connectivity index (χ3n) is 5.18. The molecule has 2 aromatic rings. The Morgan fingerprint density at radius 2 is 1.64 bits per heavy atom. The van der Waals surface area contributed by atoms with Crippen LogP contribution in [0.25, 0.3) is 11.1 Å². The predicted octanol–water partition coefficient (Wildman–Crippen LogP) is 5.09. The first-order chi connectivity index (χ1) is 13.3. The number of hydrogen-bond donors (Lipinski definition) is 0. The fourth-order valence-electron chi connectivity index (χ4n) is 3.91.